The van der Waals surface area contributed by atoms with E-state index in [0.717, 1.165) is 74.4 Å². The van der Waals surface area contributed by atoms with Gasteiger partial charge < -0.3 is 14.7 Å². The number of piperidine rings is 1. The summed E-state index contributed by atoms with van der Waals surface area (Å²) in [5.41, 5.74) is 1.72. The van der Waals surface area contributed by atoms with E-state index in [4.69, 9.17) is 21.6 Å². The monoisotopic (exact) mass is 466 g/mol. The molecule has 0 radical (unpaired) electrons. The highest BCUT2D eigenvalue weighted by Crippen LogP contribution is 2.30. The molecule has 1 atom stereocenters. The minimum absolute atomic E-state index is 0.210. The molecule has 0 bridgehead atoms. The van der Waals surface area contributed by atoms with E-state index in [1.807, 2.05) is 18.2 Å². The van der Waals surface area contributed by atoms with Gasteiger partial charge in [0, 0.05) is 56.6 Å². The van der Waals surface area contributed by atoms with Crippen molar-refractivity contribution in [1.29, 1.82) is 0 Å². The summed E-state index contributed by atoms with van der Waals surface area (Å²) in [6.07, 6.45) is 5.33. The molecule has 5 rings (SSSR count). The molecule has 2 aliphatic heterocycles. The summed E-state index contributed by atoms with van der Waals surface area (Å²) in [4.78, 5) is 21.2. The molecular formula is C25H28ClFN6. The molecule has 8 heteroatoms. The van der Waals surface area contributed by atoms with Gasteiger partial charge in [0.25, 0.3) is 0 Å². The van der Waals surface area contributed by atoms with Crippen LogP contribution in [0.15, 0.2) is 48.7 Å². The first kappa shape index (κ1) is 21.9. The predicted molar refractivity (Wildman–Crippen MR) is 132 cm³/mol. The van der Waals surface area contributed by atoms with Crippen LogP contribution in [0.2, 0.25) is 5.02 Å². The Balaban J connectivity index is 1.46. The fraction of sp³-hybridized carbons (Fsp3) is 0.400. The molecule has 2 aliphatic rings. The second kappa shape index (κ2) is 9.51. The summed E-state index contributed by atoms with van der Waals surface area (Å²) in [7, 11) is 0. The standard InChI is InChI=1S/C25H28ClFN6/c1-18-17-32(24-21(26)6-5-11-28-24)14-15-33(18)23-16-22(19-7-9-20(27)10-8-19)29-25(30-23)31-12-3-2-4-13-31/h5-11,16,18H,2-4,12-15,17H2,1H3. The van der Waals surface area contributed by atoms with Gasteiger partial charge in [0.1, 0.15) is 17.5 Å². The van der Waals surface area contributed by atoms with Gasteiger partial charge in [-0.2, -0.15) is 4.98 Å². The molecule has 33 heavy (non-hydrogen) atoms. The van der Waals surface area contributed by atoms with Crippen molar-refractivity contribution >= 4 is 29.2 Å². The van der Waals surface area contributed by atoms with Crippen molar-refractivity contribution < 1.29 is 4.39 Å². The number of halogens is 2. The number of pyridine rings is 1. The zero-order valence-corrected chi connectivity index (χ0v) is 19.5. The Labute approximate surface area is 199 Å². The molecule has 0 aliphatic carbocycles. The quantitative estimate of drug-likeness (QED) is 0.537. The largest absolute Gasteiger partial charge is 0.352 e. The Hall–Kier alpha value is -2.93. The first-order valence-corrected chi connectivity index (χ1v) is 12.0. The van der Waals surface area contributed by atoms with Crippen LogP contribution in [0.4, 0.5) is 22.0 Å². The number of anilines is 3. The fourth-order valence-electron chi connectivity index (χ4n) is 4.67. The van der Waals surface area contributed by atoms with Gasteiger partial charge in [-0.25, -0.2) is 14.4 Å². The van der Waals surface area contributed by atoms with Crippen LogP contribution in [0, 0.1) is 5.82 Å². The molecule has 172 valence electrons. The maximum atomic E-state index is 13.5. The van der Waals surface area contributed by atoms with Crippen LogP contribution in [0.5, 0.6) is 0 Å². The zero-order valence-electron chi connectivity index (χ0n) is 18.8. The molecule has 0 spiro atoms. The average Bonchev–Trinajstić information content (AvgIpc) is 2.85. The van der Waals surface area contributed by atoms with Gasteiger partial charge in [0.2, 0.25) is 5.95 Å². The van der Waals surface area contributed by atoms with E-state index in [1.54, 1.807) is 18.3 Å². The van der Waals surface area contributed by atoms with Crippen LogP contribution in [0.1, 0.15) is 26.2 Å². The molecule has 2 fully saturated rings. The van der Waals surface area contributed by atoms with Crippen LogP contribution in [0.3, 0.4) is 0 Å². The Bertz CT molecular complexity index is 1100. The van der Waals surface area contributed by atoms with Crippen molar-refractivity contribution in [3.8, 4) is 11.3 Å². The van der Waals surface area contributed by atoms with Gasteiger partial charge in [0.15, 0.2) is 0 Å². The Morgan fingerprint density at radius 2 is 1.73 bits per heavy atom. The number of hydrogen-bond donors (Lipinski definition) is 0. The summed E-state index contributed by atoms with van der Waals surface area (Å²) < 4.78 is 13.5. The minimum Gasteiger partial charge on any atom is -0.352 e. The van der Waals surface area contributed by atoms with E-state index in [2.05, 4.69) is 26.6 Å². The van der Waals surface area contributed by atoms with Gasteiger partial charge in [0.05, 0.1) is 10.7 Å². The Morgan fingerprint density at radius 1 is 0.939 bits per heavy atom. The van der Waals surface area contributed by atoms with Crippen molar-refractivity contribution in [3.63, 3.8) is 0 Å². The topological polar surface area (TPSA) is 48.4 Å². The lowest BCUT2D eigenvalue weighted by Gasteiger charge is -2.41. The Kier molecular flexibility index (Phi) is 6.31. The van der Waals surface area contributed by atoms with Crippen LogP contribution >= 0.6 is 11.6 Å². The van der Waals surface area contributed by atoms with Crippen molar-refractivity contribution in [3.05, 3.63) is 59.5 Å². The lowest BCUT2D eigenvalue weighted by Crippen LogP contribution is -2.52. The normalized spacial score (nSPS) is 19.1. The lowest BCUT2D eigenvalue weighted by atomic mass is 10.1. The number of aromatic nitrogens is 3. The highest BCUT2D eigenvalue weighted by Gasteiger charge is 2.28. The minimum atomic E-state index is -0.248. The van der Waals surface area contributed by atoms with E-state index < -0.39 is 0 Å². The summed E-state index contributed by atoms with van der Waals surface area (Å²) in [5.74, 6) is 2.25. The van der Waals surface area contributed by atoms with Crippen LogP contribution in [-0.2, 0) is 0 Å². The predicted octanol–water partition coefficient (Wildman–Crippen LogP) is 5.04. The number of benzene rings is 1. The maximum absolute atomic E-state index is 13.5. The number of hydrogen-bond acceptors (Lipinski definition) is 6. The summed E-state index contributed by atoms with van der Waals surface area (Å²) in [5, 5.41) is 0.672. The fourth-order valence-corrected chi connectivity index (χ4v) is 4.91. The maximum Gasteiger partial charge on any atom is 0.227 e. The summed E-state index contributed by atoms with van der Waals surface area (Å²) in [6, 6.07) is 12.5. The molecule has 0 saturated carbocycles. The highest BCUT2D eigenvalue weighted by atomic mass is 35.5. The molecule has 3 aromatic rings. The van der Waals surface area contributed by atoms with Gasteiger partial charge in [-0.15, -0.1) is 0 Å². The lowest BCUT2D eigenvalue weighted by molar-refractivity contribution is 0.539. The number of nitrogens with zero attached hydrogens (tertiary/aromatic N) is 6. The summed E-state index contributed by atoms with van der Waals surface area (Å²) in [6.45, 7) is 6.53. The van der Waals surface area contributed by atoms with E-state index in [1.165, 1.54) is 18.6 Å². The van der Waals surface area contributed by atoms with Crippen molar-refractivity contribution in [2.75, 3.05) is 47.4 Å². The summed E-state index contributed by atoms with van der Waals surface area (Å²) >= 11 is 6.39. The van der Waals surface area contributed by atoms with Gasteiger partial charge in [-0.05, 0) is 62.6 Å². The third kappa shape index (κ3) is 4.74. The van der Waals surface area contributed by atoms with E-state index in [-0.39, 0.29) is 11.9 Å². The first-order valence-electron chi connectivity index (χ1n) is 11.6. The third-order valence-corrected chi connectivity index (χ3v) is 6.74. The molecule has 6 nitrogen and oxygen atoms in total. The van der Waals surface area contributed by atoms with E-state index >= 15 is 0 Å². The molecule has 1 aromatic carbocycles. The number of rotatable bonds is 4. The molecular weight excluding hydrogens is 439 g/mol. The molecule has 2 saturated heterocycles. The van der Waals surface area contributed by atoms with Crippen LogP contribution in [-0.4, -0.2) is 53.7 Å². The van der Waals surface area contributed by atoms with E-state index in [9.17, 15) is 4.39 Å². The molecule has 0 N–H and O–H groups in total. The van der Waals surface area contributed by atoms with Gasteiger partial charge >= 0.3 is 0 Å². The average molecular weight is 467 g/mol. The molecule has 2 aromatic heterocycles. The van der Waals surface area contributed by atoms with Crippen molar-refractivity contribution in [1.82, 2.24) is 15.0 Å². The number of piperazine rings is 1. The smallest absolute Gasteiger partial charge is 0.227 e. The van der Waals surface area contributed by atoms with Crippen LogP contribution in [0.25, 0.3) is 11.3 Å². The molecule has 0 amide bonds. The first-order chi connectivity index (χ1) is 16.1. The zero-order chi connectivity index (χ0) is 22.8. The second-order valence-electron chi connectivity index (χ2n) is 8.76. The second-order valence-corrected chi connectivity index (χ2v) is 9.17. The van der Waals surface area contributed by atoms with E-state index in [0.29, 0.717) is 5.02 Å². The SMILES string of the molecule is CC1CN(c2ncccc2Cl)CCN1c1cc(-c2ccc(F)cc2)nc(N2CCCCC2)n1. The van der Waals surface area contributed by atoms with Gasteiger partial charge in [-0.3, -0.25) is 0 Å². The highest BCUT2D eigenvalue weighted by molar-refractivity contribution is 6.32. The van der Waals surface area contributed by atoms with Crippen molar-refractivity contribution in [2.45, 2.75) is 32.2 Å². The van der Waals surface area contributed by atoms with Crippen LogP contribution < -0.4 is 14.7 Å². The van der Waals surface area contributed by atoms with Gasteiger partial charge in [-0.1, -0.05) is 11.6 Å². The Morgan fingerprint density at radius 3 is 2.45 bits per heavy atom. The molecule has 4 heterocycles. The third-order valence-electron chi connectivity index (χ3n) is 6.44. The molecule has 1 unspecified atom stereocenters. The van der Waals surface area contributed by atoms with Crippen molar-refractivity contribution in [2.24, 2.45) is 0 Å².